The summed E-state index contributed by atoms with van der Waals surface area (Å²) in [6.45, 7) is 8.71. The molecule has 4 amide bonds. The van der Waals surface area contributed by atoms with Gasteiger partial charge >= 0.3 is 6.09 Å². The number of fused-ring (bicyclic) bond motifs is 1. The first kappa shape index (κ1) is 32.6. The highest BCUT2D eigenvalue weighted by atomic mass is 16.6. The number of hydrogen-bond acceptors (Lipinski definition) is 8. The number of hydrogen-bond donors (Lipinski definition) is 2. The molecule has 2 aliphatic heterocycles. The van der Waals surface area contributed by atoms with Crippen LogP contribution in [-0.2, 0) is 36.9 Å². The lowest BCUT2D eigenvalue weighted by Crippen LogP contribution is -2.63. The molecule has 0 aliphatic carbocycles. The molecule has 3 heterocycles. The highest BCUT2D eigenvalue weighted by Gasteiger charge is 2.54. The SMILES string of the molecule is CN1N=C2CCN(C(=O)[C@@H](COCc3ccccc3)NC(=O)C(C)(C)NC(=O)OC(C)(C)C)C[C@@]2(Cc2ccccn2)C1=O. The Morgan fingerprint density at radius 1 is 1.05 bits per heavy atom. The molecule has 44 heavy (non-hydrogen) atoms. The van der Waals surface area contributed by atoms with Gasteiger partial charge in [0.15, 0.2) is 0 Å². The molecule has 1 fully saturated rings. The normalized spacial score (nSPS) is 19.1. The summed E-state index contributed by atoms with van der Waals surface area (Å²) in [6, 6.07) is 13.9. The first-order chi connectivity index (χ1) is 20.7. The van der Waals surface area contributed by atoms with Crippen LogP contribution in [0, 0.1) is 5.41 Å². The van der Waals surface area contributed by atoms with E-state index in [0.29, 0.717) is 24.4 Å². The van der Waals surface area contributed by atoms with Gasteiger partial charge in [0.05, 0.1) is 18.9 Å². The van der Waals surface area contributed by atoms with Crippen molar-refractivity contribution in [1.29, 1.82) is 0 Å². The Balaban J connectivity index is 1.54. The van der Waals surface area contributed by atoms with E-state index in [1.807, 2.05) is 42.5 Å². The molecule has 1 aromatic carbocycles. The van der Waals surface area contributed by atoms with Crippen molar-refractivity contribution in [3.05, 3.63) is 66.0 Å². The highest BCUT2D eigenvalue weighted by molar-refractivity contribution is 6.13. The number of aromatic nitrogens is 1. The van der Waals surface area contributed by atoms with Gasteiger partial charge in [-0.2, -0.15) is 5.10 Å². The van der Waals surface area contributed by atoms with Gasteiger partial charge in [0.25, 0.3) is 5.91 Å². The molecule has 4 rings (SSSR count). The third-order valence-corrected chi connectivity index (χ3v) is 7.51. The van der Waals surface area contributed by atoms with Crippen molar-refractivity contribution in [2.45, 2.75) is 71.2 Å². The van der Waals surface area contributed by atoms with E-state index in [0.717, 1.165) is 5.56 Å². The zero-order valence-electron chi connectivity index (χ0n) is 26.3. The molecule has 0 spiro atoms. The lowest BCUT2D eigenvalue weighted by molar-refractivity contribution is -0.144. The second-order valence-electron chi connectivity index (χ2n) is 12.7. The molecule has 236 valence electrons. The lowest BCUT2D eigenvalue weighted by Gasteiger charge is -2.40. The molecule has 2 atom stereocenters. The van der Waals surface area contributed by atoms with E-state index in [1.54, 1.807) is 45.0 Å². The summed E-state index contributed by atoms with van der Waals surface area (Å²) in [4.78, 5) is 59.6. The molecule has 1 aromatic heterocycles. The van der Waals surface area contributed by atoms with E-state index < -0.39 is 40.5 Å². The maximum absolute atomic E-state index is 14.1. The summed E-state index contributed by atoms with van der Waals surface area (Å²) in [5.41, 5.74) is -0.897. The number of benzene rings is 1. The Hall–Kier alpha value is -4.32. The third-order valence-electron chi connectivity index (χ3n) is 7.51. The summed E-state index contributed by atoms with van der Waals surface area (Å²) >= 11 is 0. The van der Waals surface area contributed by atoms with Crippen LogP contribution in [-0.4, -0.2) is 88.3 Å². The highest BCUT2D eigenvalue weighted by Crippen LogP contribution is 2.38. The number of rotatable bonds is 10. The molecule has 1 saturated heterocycles. The van der Waals surface area contributed by atoms with Crippen LogP contribution in [0.3, 0.4) is 0 Å². The number of nitrogens with one attached hydrogen (secondary N) is 2. The van der Waals surface area contributed by atoms with Crippen molar-refractivity contribution < 1.29 is 28.7 Å². The minimum absolute atomic E-state index is 0.0784. The number of nitrogens with zero attached hydrogens (tertiary/aromatic N) is 4. The van der Waals surface area contributed by atoms with Gasteiger partial charge in [-0.15, -0.1) is 0 Å². The van der Waals surface area contributed by atoms with Crippen LogP contribution in [0.25, 0.3) is 0 Å². The van der Waals surface area contributed by atoms with Gasteiger partial charge in [0, 0.05) is 44.9 Å². The Kier molecular flexibility index (Phi) is 9.72. The van der Waals surface area contributed by atoms with Crippen molar-refractivity contribution in [2.24, 2.45) is 10.5 Å². The van der Waals surface area contributed by atoms with Gasteiger partial charge in [-0.25, -0.2) is 9.80 Å². The number of carbonyl (C=O) groups is 4. The van der Waals surface area contributed by atoms with Gasteiger partial charge < -0.3 is 25.0 Å². The fourth-order valence-electron chi connectivity index (χ4n) is 5.30. The monoisotopic (exact) mass is 606 g/mol. The smallest absolute Gasteiger partial charge is 0.408 e. The molecule has 0 radical (unpaired) electrons. The Labute approximate surface area is 258 Å². The Bertz CT molecular complexity index is 1390. The van der Waals surface area contributed by atoms with Crippen LogP contribution in [0.15, 0.2) is 59.8 Å². The number of pyridine rings is 1. The number of carbonyl (C=O) groups excluding carboxylic acids is 4. The molecular formula is C32H42N6O6. The van der Waals surface area contributed by atoms with E-state index in [-0.39, 0.29) is 32.1 Å². The minimum atomic E-state index is -1.41. The van der Waals surface area contributed by atoms with Gasteiger partial charge in [-0.05, 0) is 52.3 Å². The number of hydrazone groups is 1. The van der Waals surface area contributed by atoms with Crippen molar-refractivity contribution in [2.75, 3.05) is 26.7 Å². The molecular weight excluding hydrogens is 564 g/mol. The topological polar surface area (TPSA) is 143 Å². The Morgan fingerprint density at radius 2 is 1.75 bits per heavy atom. The number of likely N-dealkylation sites (tertiary alicyclic amines) is 1. The average molecular weight is 607 g/mol. The van der Waals surface area contributed by atoms with Crippen molar-refractivity contribution in [1.82, 2.24) is 25.5 Å². The molecule has 2 aromatic rings. The lowest BCUT2D eigenvalue weighted by atomic mass is 9.74. The Morgan fingerprint density at radius 3 is 2.41 bits per heavy atom. The fourth-order valence-corrected chi connectivity index (χ4v) is 5.30. The quantitative estimate of drug-likeness (QED) is 0.423. The predicted molar refractivity (Wildman–Crippen MR) is 163 cm³/mol. The van der Waals surface area contributed by atoms with Crippen LogP contribution in [0.5, 0.6) is 0 Å². The van der Waals surface area contributed by atoms with Crippen molar-refractivity contribution >= 4 is 29.5 Å². The maximum atomic E-state index is 14.1. The fraction of sp³-hybridized carbons (Fsp3) is 0.500. The largest absolute Gasteiger partial charge is 0.444 e. The predicted octanol–water partition coefficient (Wildman–Crippen LogP) is 2.68. The van der Waals surface area contributed by atoms with Gasteiger partial charge in [-0.1, -0.05) is 36.4 Å². The molecule has 12 nitrogen and oxygen atoms in total. The maximum Gasteiger partial charge on any atom is 0.408 e. The number of ether oxygens (including phenoxy) is 2. The molecule has 0 unspecified atom stereocenters. The number of piperidine rings is 1. The van der Waals surface area contributed by atoms with Crippen LogP contribution < -0.4 is 10.6 Å². The average Bonchev–Trinajstić information content (AvgIpc) is 3.20. The zero-order valence-corrected chi connectivity index (χ0v) is 26.3. The van der Waals surface area contributed by atoms with Crippen LogP contribution >= 0.6 is 0 Å². The second-order valence-corrected chi connectivity index (χ2v) is 12.7. The third kappa shape index (κ3) is 7.79. The minimum Gasteiger partial charge on any atom is -0.444 e. The number of amides is 4. The van der Waals surface area contributed by atoms with Crippen molar-refractivity contribution in [3.8, 4) is 0 Å². The first-order valence-corrected chi connectivity index (χ1v) is 14.7. The molecule has 2 N–H and O–H groups in total. The van der Waals surface area contributed by atoms with Gasteiger partial charge in [-0.3, -0.25) is 19.4 Å². The molecule has 0 saturated carbocycles. The summed E-state index contributed by atoms with van der Waals surface area (Å²) < 4.78 is 11.2. The number of alkyl carbamates (subject to hydrolysis) is 1. The van der Waals surface area contributed by atoms with Crippen LogP contribution in [0.1, 0.15) is 52.3 Å². The van der Waals surface area contributed by atoms with E-state index in [4.69, 9.17) is 9.47 Å². The van der Waals surface area contributed by atoms with E-state index >= 15 is 0 Å². The van der Waals surface area contributed by atoms with E-state index in [2.05, 4.69) is 20.7 Å². The van der Waals surface area contributed by atoms with Crippen LogP contribution in [0.2, 0.25) is 0 Å². The van der Waals surface area contributed by atoms with Gasteiger partial charge in [0.2, 0.25) is 11.8 Å². The zero-order chi connectivity index (χ0) is 32.1. The van der Waals surface area contributed by atoms with E-state index in [9.17, 15) is 19.2 Å². The molecule has 0 bridgehead atoms. The standard InChI is InChI=1S/C32H42N6O6/c1-30(2,3)44-29(42)35-31(4,5)27(40)34-24(20-43-19-22-12-8-7-9-13-22)26(39)38-17-15-25-32(21-38,28(41)37(6)36-25)18-23-14-10-11-16-33-23/h7-14,16,24H,15,17-21H2,1-6H3,(H,34,40)(H,35,42)/t24-,32-/m1/s1. The summed E-state index contributed by atoms with van der Waals surface area (Å²) in [5, 5.41) is 11.2. The van der Waals surface area contributed by atoms with E-state index in [1.165, 1.54) is 18.9 Å². The van der Waals surface area contributed by atoms with Crippen molar-refractivity contribution in [3.63, 3.8) is 0 Å². The summed E-state index contributed by atoms with van der Waals surface area (Å²) in [5.74, 6) is -1.20. The summed E-state index contributed by atoms with van der Waals surface area (Å²) in [7, 11) is 1.61. The van der Waals surface area contributed by atoms with Crippen LogP contribution in [0.4, 0.5) is 4.79 Å². The first-order valence-electron chi connectivity index (χ1n) is 14.7. The van der Waals surface area contributed by atoms with Gasteiger partial charge in [0.1, 0.15) is 22.6 Å². The molecule has 2 aliphatic rings. The summed E-state index contributed by atoms with van der Waals surface area (Å²) in [6.07, 6.45) is 1.59. The second kappa shape index (κ2) is 13.1. The molecule has 12 heteroatoms.